The zero-order valence-corrected chi connectivity index (χ0v) is 18.4. The molecular formula is C24H21N5O2S. The van der Waals surface area contributed by atoms with Gasteiger partial charge in [0.05, 0.1) is 17.3 Å². The van der Waals surface area contributed by atoms with Gasteiger partial charge in [-0.2, -0.15) is 0 Å². The van der Waals surface area contributed by atoms with Gasteiger partial charge in [-0.25, -0.2) is 15.0 Å². The maximum Gasteiger partial charge on any atom is 0.260 e. The van der Waals surface area contributed by atoms with Gasteiger partial charge >= 0.3 is 0 Å². The van der Waals surface area contributed by atoms with Crippen molar-refractivity contribution in [1.29, 1.82) is 0 Å². The zero-order chi connectivity index (χ0) is 22.5. The summed E-state index contributed by atoms with van der Waals surface area (Å²) in [5.41, 5.74) is 3.95. The van der Waals surface area contributed by atoms with Gasteiger partial charge in [-0.05, 0) is 12.5 Å². The van der Waals surface area contributed by atoms with Crippen LogP contribution in [0.1, 0.15) is 35.8 Å². The molecule has 2 aromatic heterocycles. The van der Waals surface area contributed by atoms with E-state index >= 15 is 0 Å². The van der Waals surface area contributed by atoms with Gasteiger partial charge in [0.1, 0.15) is 0 Å². The summed E-state index contributed by atoms with van der Waals surface area (Å²) < 4.78 is 0. The highest BCUT2D eigenvalue weighted by molar-refractivity contribution is 7.14. The summed E-state index contributed by atoms with van der Waals surface area (Å²) in [6.07, 6.45) is 3.02. The highest BCUT2D eigenvalue weighted by Crippen LogP contribution is 2.26. The molecule has 7 nitrogen and oxygen atoms in total. The Morgan fingerprint density at radius 2 is 1.62 bits per heavy atom. The van der Waals surface area contributed by atoms with E-state index < -0.39 is 0 Å². The summed E-state index contributed by atoms with van der Waals surface area (Å²) in [4.78, 5) is 36.9. The van der Waals surface area contributed by atoms with Gasteiger partial charge in [-0.3, -0.25) is 14.9 Å². The second-order valence-corrected chi connectivity index (χ2v) is 8.06. The molecule has 2 N–H and O–H groups in total. The van der Waals surface area contributed by atoms with Gasteiger partial charge in [-0.1, -0.05) is 54.6 Å². The molecule has 0 saturated carbocycles. The topological polar surface area (TPSA) is 96.9 Å². The van der Waals surface area contributed by atoms with Crippen molar-refractivity contribution in [3.63, 3.8) is 0 Å². The molecule has 0 aliphatic carbocycles. The van der Waals surface area contributed by atoms with Crippen molar-refractivity contribution < 1.29 is 9.59 Å². The van der Waals surface area contributed by atoms with Crippen molar-refractivity contribution >= 4 is 28.3 Å². The molecule has 160 valence electrons. The lowest BCUT2D eigenvalue weighted by Gasteiger charge is -2.13. The van der Waals surface area contributed by atoms with Crippen LogP contribution < -0.4 is 10.6 Å². The number of nitrogens with zero attached hydrogens (tertiary/aromatic N) is 3. The molecule has 0 bridgehead atoms. The Kier molecular flexibility index (Phi) is 6.32. The molecule has 1 atom stereocenters. The fourth-order valence-electron chi connectivity index (χ4n) is 3.15. The predicted molar refractivity (Wildman–Crippen MR) is 125 cm³/mol. The lowest BCUT2D eigenvalue weighted by Crippen LogP contribution is -2.23. The van der Waals surface area contributed by atoms with Crippen molar-refractivity contribution in [2.45, 2.75) is 19.9 Å². The van der Waals surface area contributed by atoms with Gasteiger partial charge in [0.15, 0.2) is 11.0 Å². The Bertz CT molecular complexity index is 1220. The van der Waals surface area contributed by atoms with Crippen molar-refractivity contribution in [2.75, 3.05) is 5.32 Å². The number of amides is 2. The number of hydrogen-bond acceptors (Lipinski definition) is 6. The van der Waals surface area contributed by atoms with E-state index in [2.05, 4.69) is 25.6 Å². The molecule has 4 aromatic rings. The van der Waals surface area contributed by atoms with Gasteiger partial charge < -0.3 is 5.32 Å². The Balaban J connectivity index is 1.42. The van der Waals surface area contributed by atoms with E-state index in [0.29, 0.717) is 16.5 Å². The first kappa shape index (κ1) is 21.3. The number of carbonyl (C=O) groups excluding carboxylic acids is 2. The van der Waals surface area contributed by atoms with Crippen LogP contribution in [0.25, 0.3) is 22.6 Å². The number of carbonyl (C=O) groups is 2. The van der Waals surface area contributed by atoms with E-state index in [1.807, 2.05) is 66.9 Å². The van der Waals surface area contributed by atoms with Crippen LogP contribution in [0.3, 0.4) is 0 Å². The lowest BCUT2D eigenvalue weighted by molar-refractivity contribution is -0.119. The monoisotopic (exact) mass is 443 g/mol. The summed E-state index contributed by atoms with van der Waals surface area (Å²) in [7, 11) is 0. The molecule has 0 aliphatic rings. The van der Waals surface area contributed by atoms with Crippen LogP contribution in [-0.4, -0.2) is 26.8 Å². The molecular weight excluding hydrogens is 422 g/mol. The van der Waals surface area contributed by atoms with Crippen LogP contribution in [0.5, 0.6) is 0 Å². The number of nitrogens with one attached hydrogen (secondary N) is 2. The number of rotatable bonds is 6. The fourth-order valence-corrected chi connectivity index (χ4v) is 3.86. The quantitative estimate of drug-likeness (QED) is 0.450. The van der Waals surface area contributed by atoms with E-state index in [1.54, 1.807) is 0 Å². The van der Waals surface area contributed by atoms with E-state index in [9.17, 15) is 9.59 Å². The molecule has 2 amide bonds. The minimum Gasteiger partial charge on any atom is -0.350 e. The van der Waals surface area contributed by atoms with Crippen LogP contribution in [0.15, 0.2) is 72.4 Å². The van der Waals surface area contributed by atoms with Gasteiger partial charge in [-0.15, -0.1) is 11.3 Å². The SMILES string of the molecule is CC(=O)NC(C)c1ccc(-c2csc(NC(=O)c3cnc(-c4ccccc4)nc3)n2)cc1. The standard InChI is InChI=1S/C24H21N5O2S/c1-15(27-16(2)30)17-8-10-18(11-9-17)21-14-32-24(28-21)29-23(31)20-12-25-22(26-13-20)19-6-4-3-5-7-19/h3-15H,1-2H3,(H,27,30)(H,28,29,31). The average Bonchev–Trinajstić information content (AvgIpc) is 3.28. The fraction of sp³-hybridized carbons (Fsp3) is 0.125. The van der Waals surface area contributed by atoms with Crippen LogP contribution in [0, 0.1) is 0 Å². The maximum atomic E-state index is 12.6. The highest BCUT2D eigenvalue weighted by atomic mass is 32.1. The van der Waals surface area contributed by atoms with E-state index in [0.717, 1.165) is 22.4 Å². The first-order valence-corrected chi connectivity index (χ1v) is 10.9. The zero-order valence-electron chi connectivity index (χ0n) is 17.6. The molecule has 8 heteroatoms. The van der Waals surface area contributed by atoms with Crippen molar-refractivity contribution in [3.8, 4) is 22.6 Å². The smallest absolute Gasteiger partial charge is 0.260 e. The second kappa shape index (κ2) is 9.49. The number of benzene rings is 2. The number of thiazole rings is 1. The maximum absolute atomic E-state index is 12.6. The molecule has 4 rings (SSSR count). The largest absolute Gasteiger partial charge is 0.350 e. The average molecular weight is 444 g/mol. The van der Waals surface area contributed by atoms with Crippen LogP contribution in [0.2, 0.25) is 0 Å². The predicted octanol–water partition coefficient (Wildman–Crippen LogP) is 4.72. The number of hydrogen-bond donors (Lipinski definition) is 2. The van der Waals surface area contributed by atoms with Gasteiger partial charge in [0.25, 0.3) is 5.91 Å². The van der Waals surface area contributed by atoms with Crippen LogP contribution in [0.4, 0.5) is 5.13 Å². The number of anilines is 1. The van der Waals surface area contributed by atoms with Crippen molar-refractivity contribution in [3.05, 3.63) is 83.5 Å². The molecule has 0 spiro atoms. The molecule has 0 radical (unpaired) electrons. The van der Waals surface area contributed by atoms with E-state index in [1.165, 1.54) is 30.7 Å². The third-order valence-electron chi connectivity index (χ3n) is 4.80. The summed E-state index contributed by atoms with van der Waals surface area (Å²) >= 11 is 1.35. The molecule has 0 fully saturated rings. The van der Waals surface area contributed by atoms with Crippen LogP contribution in [-0.2, 0) is 4.79 Å². The third-order valence-corrected chi connectivity index (χ3v) is 5.55. The molecule has 2 heterocycles. The minimum absolute atomic E-state index is 0.0673. The molecule has 1 unspecified atom stereocenters. The Morgan fingerprint density at radius 3 is 2.28 bits per heavy atom. The Morgan fingerprint density at radius 1 is 0.938 bits per heavy atom. The summed E-state index contributed by atoms with van der Waals surface area (Å²) in [6.45, 7) is 3.43. The molecule has 0 saturated heterocycles. The third kappa shape index (κ3) is 5.04. The molecule has 32 heavy (non-hydrogen) atoms. The summed E-state index contributed by atoms with van der Waals surface area (Å²) in [5.74, 6) is 0.182. The van der Waals surface area contributed by atoms with Crippen LogP contribution >= 0.6 is 11.3 Å². The van der Waals surface area contributed by atoms with E-state index in [4.69, 9.17) is 0 Å². The normalized spacial score (nSPS) is 11.6. The van der Waals surface area contributed by atoms with Gasteiger partial charge in [0, 0.05) is 35.8 Å². The first-order chi connectivity index (χ1) is 15.5. The first-order valence-electron chi connectivity index (χ1n) is 10.0. The highest BCUT2D eigenvalue weighted by Gasteiger charge is 2.12. The number of aromatic nitrogens is 3. The minimum atomic E-state index is -0.315. The Labute approximate surface area is 189 Å². The van der Waals surface area contributed by atoms with Crippen molar-refractivity contribution in [1.82, 2.24) is 20.3 Å². The summed E-state index contributed by atoms with van der Waals surface area (Å²) in [5, 5.41) is 8.04. The Hall–Kier alpha value is -3.91. The lowest BCUT2D eigenvalue weighted by atomic mass is 10.1. The molecule has 2 aromatic carbocycles. The second-order valence-electron chi connectivity index (χ2n) is 7.20. The van der Waals surface area contributed by atoms with Crippen molar-refractivity contribution in [2.24, 2.45) is 0 Å². The van der Waals surface area contributed by atoms with E-state index in [-0.39, 0.29) is 17.9 Å². The summed E-state index contributed by atoms with van der Waals surface area (Å²) in [6, 6.07) is 17.3. The molecule has 0 aliphatic heterocycles. The van der Waals surface area contributed by atoms with Gasteiger partial charge in [0.2, 0.25) is 5.91 Å².